The molecule has 0 bridgehead atoms. The highest BCUT2D eigenvalue weighted by Crippen LogP contribution is 2.34. The molecule has 0 saturated heterocycles. The predicted octanol–water partition coefficient (Wildman–Crippen LogP) is 5.45. The summed E-state index contributed by atoms with van der Waals surface area (Å²) in [6, 6.07) is 14.6. The fourth-order valence-electron chi connectivity index (χ4n) is 3.12. The first-order valence-electron chi connectivity index (χ1n) is 8.58. The Kier molecular flexibility index (Phi) is 6.44. The smallest absolute Gasteiger partial charge is 0.242 e. The van der Waals surface area contributed by atoms with Gasteiger partial charge in [-0.15, -0.1) is 11.6 Å². The average molecular weight is 344 g/mol. The van der Waals surface area contributed by atoms with Gasteiger partial charge >= 0.3 is 0 Å². The summed E-state index contributed by atoms with van der Waals surface area (Å²) >= 11 is 5.95. The molecule has 2 aromatic rings. The van der Waals surface area contributed by atoms with E-state index in [2.05, 4.69) is 70.2 Å². The van der Waals surface area contributed by atoms with Gasteiger partial charge in [-0.2, -0.15) is 0 Å². The molecule has 0 fully saturated rings. The van der Waals surface area contributed by atoms with E-state index < -0.39 is 0 Å². The first-order valence-corrected chi connectivity index (χ1v) is 9.12. The van der Waals surface area contributed by atoms with Crippen LogP contribution in [0.5, 0.6) is 0 Å². The zero-order chi connectivity index (χ0) is 17.7. The molecule has 0 heterocycles. The van der Waals surface area contributed by atoms with Crippen LogP contribution in [0.15, 0.2) is 42.5 Å². The van der Waals surface area contributed by atoms with Crippen molar-refractivity contribution in [2.45, 2.75) is 46.6 Å². The summed E-state index contributed by atoms with van der Waals surface area (Å²) in [5.74, 6) is -0.0717. The van der Waals surface area contributed by atoms with E-state index in [1.807, 2.05) is 4.90 Å². The third kappa shape index (κ3) is 3.81. The summed E-state index contributed by atoms with van der Waals surface area (Å²) in [4.78, 5) is 14.6. The highest BCUT2D eigenvalue weighted by molar-refractivity contribution is 6.29. The van der Waals surface area contributed by atoms with E-state index in [4.69, 9.17) is 11.6 Å². The van der Waals surface area contributed by atoms with Crippen molar-refractivity contribution < 1.29 is 4.79 Å². The molecule has 24 heavy (non-hydrogen) atoms. The third-order valence-electron chi connectivity index (χ3n) is 4.54. The molecule has 0 aliphatic heterocycles. The zero-order valence-corrected chi connectivity index (χ0v) is 15.7. The second kappa shape index (κ2) is 8.34. The summed E-state index contributed by atoms with van der Waals surface area (Å²) in [7, 11) is 0. The van der Waals surface area contributed by atoms with Crippen molar-refractivity contribution in [3.63, 3.8) is 0 Å². The van der Waals surface area contributed by atoms with E-state index in [1.54, 1.807) is 0 Å². The van der Waals surface area contributed by atoms with Crippen LogP contribution in [0.1, 0.15) is 49.1 Å². The molecule has 0 radical (unpaired) electrons. The van der Waals surface area contributed by atoms with Crippen LogP contribution in [0.4, 0.5) is 5.69 Å². The third-order valence-corrected chi connectivity index (χ3v) is 4.76. The topological polar surface area (TPSA) is 20.3 Å². The molecular weight excluding hydrogens is 318 g/mol. The molecule has 0 N–H and O–H groups in total. The summed E-state index contributed by atoms with van der Waals surface area (Å²) in [5.41, 5.74) is 5.73. The van der Waals surface area contributed by atoms with E-state index in [0.29, 0.717) is 0 Å². The molecule has 3 heteroatoms. The molecule has 1 unspecified atom stereocenters. The van der Waals surface area contributed by atoms with Gasteiger partial charge in [-0.05, 0) is 43.4 Å². The Morgan fingerprint density at radius 3 is 2.04 bits per heavy atom. The monoisotopic (exact) mass is 343 g/mol. The van der Waals surface area contributed by atoms with E-state index in [0.717, 1.165) is 24.1 Å². The first kappa shape index (κ1) is 18.5. The summed E-state index contributed by atoms with van der Waals surface area (Å²) in [6.45, 7) is 8.38. The molecule has 0 aromatic heterocycles. The number of halogens is 1. The van der Waals surface area contributed by atoms with Gasteiger partial charge in [0, 0.05) is 0 Å². The van der Waals surface area contributed by atoms with Crippen LogP contribution in [0, 0.1) is 6.92 Å². The van der Waals surface area contributed by atoms with Crippen LogP contribution in [-0.4, -0.2) is 11.8 Å². The highest BCUT2D eigenvalue weighted by Gasteiger charge is 2.26. The van der Waals surface area contributed by atoms with Crippen molar-refractivity contribution in [2.24, 2.45) is 0 Å². The number of aryl methyl sites for hydroxylation is 3. The van der Waals surface area contributed by atoms with Crippen molar-refractivity contribution in [1.29, 1.82) is 0 Å². The largest absolute Gasteiger partial charge is 0.304 e. The number of carbonyl (C=O) groups is 1. The number of alkyl halides is 1. The van der Waals surface area contributed by atoms with Crippen molar-refractivity contribution >= 4 is 23.2 Å². The number of para-hydroxylation sites is 1. The van der Waals surface area contributed by atoms with Crippen molar-refractivity contribution in [3.8, 4) is 0 Å². The molecule has 2 aromatic carbocycles. The lowest BCUT2D eigenvalue weighted by Crippen LogP contribution is -2.36. The number of rotatable bonds is 6. The van der Waals surface area contributed by atoms with Gasteiger partial charge in [0.1, 0.15) is 5.88 Å². The molecule has 128 valence electrons. The Morgan fingerprint density at radius 1 is 1.04 bits per heavy atom. The van der Waals surface area contributed by atoms with E-state index >= 15 is 0 Å². The molecule has 0 aliphatic rings. The summed E-state index contributed by atoms with van der Waals surface area (Å²) < 4.78 is 0. The lowest BCUT2D eigenvalue weighted by molar-refractivity contribution is -0.116. The van der Waals surface area contributed by atoms with Crippen LogP contribution in [0.25, 0.3) is 0 Å². The fraction of sp³-hybridized carbons (Fsp3) is 0.381. The quantitative estimate of drug-likeness (QED) is 0.638. The van der Waals surface area contributed by atoms with Gasteiger partial charge in [-0.25, -0.2) is 0 Å². The molecule has 2 rings (SSSR count). The number of anilines is 1. The van der Waals surface area contributed by atoms with Gasteiger partial charge in [0.05, 0.1) is 11.7 Å². The SMILES string of the molecule is CCc1cccc(CC)c1N(C(=O)CCl)C(C)c1ccc(C)cc1. The van der Waals surface area contributed by atoms with Gasteiger partial charge in [0.2, 0.25) is 5.91 Å². The average Bonchev–Trinajstić information content (AvgIpc) is 2.62. The second-order valence-electron chi connectivity index (χ2n) is 6.12. The maximum absolute atomic E-state index is 12.7. The number of nitrogens with zero attached hydrogens (tertiary/aromatic N) is 1. The minimum absolute atomic E-state index is 0.0165. The Labute approximate surface area is 150 Å². The van der Waals surface area contributed by atoms with Gasteiger partial charge < -0.3 is 4.90 Å². The van der Waals surface area contributed by atoms with Gasteiger partial charge in [-0.1, -0.05) is 61.9 Å². The molecule has 1 atom stereocenters. The fourth-order valence-corrected chi connectivity index (χ4v) is 3.25. The number of hydrogen-bond donors (Lipinski definition) is 0. The second-order valence-corrected chi connectivity index (χ2v) is 6.38. The van der Waals surface area contributed by atoms with Crippen LogP contribution < -0.4 is 4.90 Å². The summed E-state index contributed by atoms with van der Waals surface area (Å²) in [6.07, 6.45) is 1.77. The zero-order valence-electron chi connectivity index (χ0n) is 15.0. The van der Waals surface area contributed by atoms with E-state index in [9.17, 15) is 4.79 Å². The van der Waals surface area contributed by atoms with Crippen molar-refractivity contribution in [3.05, 3.63) is 64.7 Å². The predicted molar refractivity (Wildman–Crippen MR) is 103 cm³/mol. The molecule has 0 aliphatic carbocycles. The number of carbonyl (C=O) groups excluding carboxylic acids is 1. The minimum Gasteiger partial charge on any atom is -0.304 e. The van der Waals surface area contributed by atoms with Crippen LogP contribution in [-0.2, 0) is 17.6 Å². The Morgan fingerprint density at radius 2 is 1.58 bits per heavy atom. The van der Waals surface area contributed by atoms with E-state index in [-0.39, 0.29) is 17.8 Å². The first-order chi connectivity index (χ1) is 11.5. The number of amides is 1. The van der Waals surface area contributed by atoms with Crippen LogP contribution in [0.3, 0.4) is 0 Å². The summed E-state index contributed by atoms with van der Waals surface area (Å²) in [5, 5.41) is 0. The maximum atomic E-state index is 12.7. The van der Waals surface area contributed by atoms with Gasteiger partial charge in [0.15, 0.2) is 0 Å². The Hall–Kier alpha value is -1.80. The van der Waals surface area contributed by atoms with Crippen molar-refractivity contribution in [1.82, 2.24) is 0 Å². The maximum Gasteiger partial charge on any atom is 0.242 e. The Balaban J connectivity index is 2.58. The lowest BCUT2D eigenvalue weighted by atomic mass is 9.98. The lowest BCUT2D eigenvalue weighted by Gasteiger charge is -2.33. The van der Waals surface area contributed by atoms with Gasteiger partial charge in [-0.3, -0.25) is 4.79 Å². The van der Waals surface area contributed by atoms with Gasteiger partial charge in [0.25, 0.3) is 0 Å². The highest BCUT2D eigenvalue weighted by atomic mass is 35.5. The standard InChI is InChI=1S/C21H26ClNO/c1-5-17-8-7-9-18(6-2)21(17)23(20(24)14-22)16(4)19-12-10-15(3)11-13-19/h7-13,16H,5-6,14H2,1-4H3. The van der Waals surface area contributed by atoms with Crippen molar-refractivity contribution in [2.75, 3.05) is 10.8 Å². The Bertz CT molecular complexity index is 671. The molecule has 0 saturated carbocycles. The minimum atomic E-state index is -0.0603. The van der Waals surface area contributed by atoms with Crippen LogP contribution in [0.2, 0.25) is 0 Å². The normalized spacial score (nSPS) is 12.0. The number of benzene rings is 2. The molecule has 0 spiro atoms. The van der Waals surface area contributed by atoms with E-state index in [1.165, 1.54) is 16.7 Å². The molecule has 1 amide bonds. The number of hydrogen-bond acceptors (Lipinski definition) is 1. The molecule has 2 nitrogen and oxygen atoms in total. The molecular formula is C21H26ClNO. The van der Waals surface area contributed by atoms with Crippen LogP contribution >= 0.6 is 11.6 Å².